The summed E-state index contributed by atoms with van der Waals surface area (Å²) in [6, 6.07) is 1.99. The van der Waals surface area contributed by atoms with Gasteiger partial charge >= 0.3 is 19.2 Å². The van der Waals surface area contributed by atoms with E-state index in [-0.39, 0.29) is 12.1 Å². The number of hydrogen-bond acceptors (Lipinski definition) is 6. The topological polar surface area (TPSA) is 83.1 Å². The van der Waals surface area contributed by atoms with Gasteiger partial charge in [0.15, 0.2) is 0 Å². The number of ether oxygens (including phenoxy) is 2. The monoisotopic (exact) mass is 453 g/mol. The van der Waals surface area contributed by atoms with Gasteiger partial charge in [0.2, 0.25) is 0 Å². The van der Waals surface area contributed by atoms with Gasteiger partial charge in [-0.25, -0.2) is 18.4 Å². The van der Waals surface area contributed by atoms with Crippen molar-refractivity contribution in [1.29, 1.82) is 0 Å². The molecule has 0 spiro atoms. The van der Waals surface area contributed by atoms with E-state index < -0.39 is 53.2 Å². The molecule has 1 aromatic rings. The Kier molecular flexibility index (Phi) is 7.41. The minimum Gasteiger partial charge on any atom is -0.465 e. The Labute approximate surface area is 187 Å². The van der Waals surface area contributed by atoms with E-state index in [1.165, 1.54) is 6.08 Å². The minimum absolute atomic E-state index is 0.0618. The molecule has 0 radical (unpaired) electrons. The lowest BCUT2D eigenvalue weighted by Gasteiger charge is -2.32. The highest BCUT2D eigenvalue weighted by Crippen LogP contribution is 2.38. The van der Waals surface area contributed by atoms with Gasteiger partial charge in [-0.2, -0.15) is 0 Å². The third-order valence-electron chi connectivity index (χ3n) is 5.20. The zero-order valence-electron chi connectivity index (χ0n) is 19.7. The van der Waals surface area contributed by atoms with Gasteiger partial charge in [-0.15, -0.1) is 0 Å². The van der Waals surface area contributed by atoms with Crippen molar-refractivity contribution in [2.75, 3.05) is 13.7 Å². The molecule has 0 aliphatic carbocycles. The van der Waals surface area contributed by atoms with E-state index in [9.17, 15) is 18.4 Å². The van der Waals surface area contributed by atoms with Crippen molar-refractivity contribution in [3.63, 3.8) is 0 Å². The Hall–Kier alpha value is -2.46. The van der Waals surface area contributed by atoms with Crippen LogP contribution in [-0.4, -0.2) is 49.6 Å². The summed E-state index contributed by atoms with van der Waals surface area (Å²) in [5.74, 6) is -3.26. The van der Waals surface area contributed by atoms with Crippen LogP contribution in [0.2, 0.25) is 0 Å². The average Bonchev–Trinajstić information content (AvgIpc) is 2.83. The fourth-order valence-electron chi connectivity index (χ4n) is 2.87. The molecule has 1 aliphatic heterocycles. The van der Waals surface area contributed by atoms with Gasteiger partial charge in [0, 0.05) is 6.54 Å². The zero-order chi connectivity index (χ0) is 24.5. The number of halogens is 2. The molecule has 1 aromatic carbocycles. The predicted molar refractivity (Wildman–Crippen MR) is 116 cm³/mol. The Morgan fingerprint density at radius 3 is 2.03 bits per heavy atom. The van der Waals surface area contributed by atoms with E-state index in [0.717, 1.165) is 19.2 Å². The summed E-state index contributed by atoms with van der Waals surface area (Å²) in [6.07, 6.45) is 0.769. The lowest BCUT2D eigenvalue weighted by atomic mass is 9.77. The van der Waals surface area contributed by atoms with Gasteiger partial charge in [0.05, 0.1) is 18.3 Å². The molecule has 176 valence electrons. The van der Waals surface area contributed by atoms with Crippen molar-refractivity contribution in [3.8, 4) is 0 Å². The number of amides is 1. The van der Waals surface area contributed by atoms with Crippen LogP contribution in [0.4, 0.5) is 13.6 Å². The van der Waals surface area contributed by atoms with Crippen LogP contribution in [-0.2, 0) is 18.8 Å². The number of benzene rings is 1. The van der Waals surface area contributed by atoms with Gasteiger partial charge in [0.25, 0.3) is 0 Å². The fourth-order valence-corrected chi connectivity index (χ4v) is 2.87. The lowest BCUT2D eigenvalue weighted by Crippen LogP contribution is -2.41. The van der Waals surface area contributed by atoms with Crippen molar-refractivity contribution in [2.24, 2.45) is 0 Å². The number of carbonyl (C=O) groups is 2. The first kappa shape index (κ1) is 25.8. The van der Waals surface area contributed by atoms with Crippen LogP contribution in [0.25, 0.3) is 6.08 Å². The number of esters is 1. The molecule has 0 unspecified atom stereocenters. The minimum atomic E-state index is -1.12. The third-order valence-corrected chi connectivity index (χ3v) is 5.20. The fraction of sp³-hybridized carbons (Fsp3) is 0.545. The van der Waals surface area contributed by atoms with Crippen LogP contribution >= 0.6 is 0 Å². The molecule has 32 heavy (non-hydrogen) atoms. The molecule has 10 heteroatoms. The van der Waals surface area contributed by atoms with Gasteiger partial charge in [0.1, 0.15) is 22.8 Å². The summed E-state index contributed by atoms with van der Waals surface area (Å²) in [6.45, 7) is 12.6. The summed E-state index contributed by atoms with van der Waals surface area (Å²) >= 11 is 0. The van der Waals surface area contributed by atoms with Crippen LogP contribution in [0.3, 0.4) is 0 Å². The standard InChI is InChI=1S/C22H30BF2NO6/c1-20(2,3)30-19(28)26-12-14(23-31-21(4,5)22(6,7)32-23)9-13-10-15(24)17(16(25)11-13)18(27)29-8/h9-11H,12H2,1-8H3,(H,26,28). The molecule has 0 bridgehead atoms. The number of alkyl carbamates (subject to hydrolysis) is 1. The first-order valence-corrected chi connectivity index (χ1v) is 10.2. The maximum atomic E-state index is 14.4. The highest BCUT2D eigenvalue weighted by Gasteiger charge is 2.52. The average molecular weight is 453 g/mol. The molecule has 1 fully saturated rings. The maximum Gasteiger partial charge on any atom is 0.492 e. The van der Waals surface area contributed by atoms with Crippen molar-refractivity contribution in [1.82, 2.24) is 5.32 Å². The second-order valence-corrected chi connectivity index (χ2v) is 9.51. The van der Waals surface area contributed by atoms with E-state index >= 15 is 0 Å². The molecule has 0 saturated carbocycles. The van der Waals surface area contributed by atoms with E-state index in [1.54, 1.807) is 20.8 Å². The van der Waals surface area contributed by atoms with Crippen molar-refractivity contribution in [3.05, 3.63) is 40.4 Å². The van der Waals surface area contributed by atoms with E-state index in [2.05, 4.69) is 10.1 Å². The zero-order valence-corrected chi connectivity index (χ0v) is 19.7. The predicted octanol–water partition coefficient (Wildman–Crippen LogP) is 4.29. The maximum absolute atomic E-state index is 14.4. The Bertz CT molecular complexity index is 884. The summed E-state index contributed by atoms with van der Waals surface area (Å²) in [5, 5.41) is 2.61. The summed E-state index contributed by atoms with van der Waals surface area (Å²) < 4.78 is 50.5. The second-order valence-electron chi connectivity index (χ2n) is 9.51. The normalized spacial score (nSPS) is 17.8. The number of rotatable bonds is 5. The van der Waals surface area contributed by atoms with Crippen molar-refractivity contribution < 1.29 is 37.2 Å². The SMILES string of the molecule is COC(=O)c1c(F)cc(C=C(CNC(=O)OC(C)(C)C)B2OC(C)(C)C(C)(C)O2)cc1F. The molecule has 1 saturated heterocycles. The molecule has 1 N–H and O–H groups in total. The van der Waals surface area contributed by atoms with Gasteiger partial charge in [-0.3, -0.25) is 0 Å². The lowest BCUT2D eigenvalue weighted by molar-refractivity contribution is 0.00578. The molecular formula is C22H30BF2NO6. The summed E-state index contributed by atoms with van der Waals surface area (Å²) in [4.78, 5) is 23.7. The first-order valence-electron chi connectivity index (χ1n) is 10.2. The Balaban J connectivity index is 2.39. The molecule has 1 aliphatic rings. The van der Waals surface area contributed by atoms with E-state index in [0.29, 0.717) is 5.47 Å². The Morgan fingerprint density at radius 2 is 1.59 bits per heavy atom. The number of nitrogens with one attached hydrogen (secondary N) is 1. The van der Waals surface area contributed by atoms with Crippen LogP contribution in [0.5, 0.6) is 0 Å². The van der Waals surface area contributed by atoms with E-state index in [4.69, 9.17) is 14.0 Å². The number of hydrogen-bond donors (Lipinski definition) is 1. The molecule has 0 atom stereocenters. The summed E-state index contributed by atoms with van der Waals surface area (Å²) in [7, 11) is 0.148. The van der Waals surface area contributed by atoms with Crippen molar-refractivity contribution in [2.45, 2.75) is 65.3 Å². The number of methoxy groups -OCH3 is 1. The molecule has 7 nitrogen and oxygen atoms in total. The Morgan fingerprint density at radius 1 is 1.09 bits per heavy atom. The molecule has 1 heterocycles. The van der Waals surface area contributed by atoms with Crippen LogP contribution in [0, 0.1) is 11.6 Å². The third kappa shape index (κ3) is 6.07. The largest absolute Gasteiger partial charge is 0.492 e. The van der Waals surface area contributed by atoms with Gasteiger partial charge in [-0.1, -0.05) is 6.08 Å². The molecular weight excluding hydrogens is 423 g/mol. The van der Waals surface area contributed by atoms with Crippen molar-refractivity contribution >= 4 is 25.3 Å². The first-order chi connectivity index (χ1) is 14.6. The molecule has 2 rings (SSSR count). The van der Waals surface area contributed by atoms with E-state index in [1.807, 2.05) is 27.7 Å². The van der Waals surface area contributed by atoms with Crippen LogP contribution in [0.1, 0.15) is 64.4 Å². The quantitative estimate of drug-likeness (QED) is 0.529. The number of carbonyl (C=O) groups excluding carboxylic acids is 2. The van der Waals surface area contributed by atoms with Gasteiger partial charge < -0.3 is 24.1 Å². The van der Waals surface area contributed by atoms with Crippen LogP contribution in [0.15, 0.2) is 17.6 Å². The summed E-state index contributed by atoms with van der Waals surface area (Å²) in [5.41, 5.74) is -2.31. The smallest absolute Gasteiger partial charge is 0.465 e. The second kappa shape index (κ2) is 9.19. The van der Waals surface area contributed by atoms with Gasteiger partial charge in [-0.05, 0) is 71.6 Å². The highest BCUT2D eigenvalue weighted by molar-refractivity contribution is 6.56. The molecule has 1 amide bonds. The van der Waals surface area contributed by atoms with Crippen LogP contribution < -0.4 is 5.32 Å². The molecule has 0 aromatic heterocycles. The highest BCUT2D eigenvalue weighted by atomic mass is 19.1.